The van der Waals surface area contributed by atoms with Crippen molar-refractivity contribution in [2.45, 2.75) is 63.7 Å². The summed E-state index contributed by atoms with van der Waals surface area (Å²) < 4.78 is 0. The molecule has 1 unspecified atom stereocenters. The Kier molecular flexibility index (Phi) is 6.15. The summed E-state index contributed by atoms with van der Waals surface area (Å²) >= 11 is 0. The van der Waals surface area contributed by atoms with Gasteiger partial charge in [0.25, 0.3) is 0 Å². The van der Waals surface area contributed by atoms with E-state index in [1.165, 1.54) is 68.1 Å². The predicted octanol–water partition coefficient (Wildman–Crippen LogP) is 7.88. The highest BCUT2D eigenvalue weighted by Crippen LogP contribution is 2.37. The Labute approximate surface area is 171 Å². The normalized spacial score (nSPS) is 24.4. The average molecular weight is 371 g/mol. The van der Waals surface area contributed by atoms with Crippen molar-refractivity contribution in [3.8, 4) is 11.1 Å². The summed E-state index contributed by atoms with van der Waals surface area (Å²) in [5, 5.41) is 0. The van der Waals surface area contributed by atoms with E-state index in [0.717, 1.165) is 24.2 Å². The average Bonchev–Trinajstić information content (AvgIpc) is 2.77. The molecule has 0 heterocycles. The summed E-state index contributed by atoms with van der Waals surface area (Å²) in [4.78, 5) is 0. The van der Waals surface area contributed by atoms with E-state index >= 15 is 0 Å². The Morgan fingerprint density at radius 3 is 2.29 bits per heavy atom. The molecule has 0 aliphatic heterocycles. The van der Waals surface area contributed by atoms with E-state index < -0.39 is 0 Å². The van der Waals surface area contributed by atoms with Gasteiger partial charge in [-0.05, 0) is 103 Å². The molecule has 0 nitrogen and oxygen atoms in total. The highest BCUT2D eigenvalue weighted by atomic mass is 14.3. The minimum absolute atomic E-state index is 0.737. The van der Waals surface area contributed by atoms with Crippen molar-refractivity contribution < 1.29 is 0 Å². The number of hydrogen-bond donors (Lipinski definition) is 0. The molecule has 2 aliphatic rings. The molecule has 2 aromatic rings. The second kappa shape index (κ2) is 8.95. The lowest BCUT2D eigenvalue weighted by Crippen LogP contribution is -2.14. The molecule has 0 bridgehead atoms. The van der Waals surface area contributed by atoms with Gasteiger partial charge < -0.3 is 0 Å². The smallest absolute Gasteiger partial charge is 0.0162 e. The zero-order valence-electron chi connectivity index (χ0n) is 17.2. The molecule has 0 radical (unpaired) electrons. The first-order valence-electron chi connectivity index (χ1n) is 11.2. The molecule has 146 valence electrons. The van der Waals surface area contributed by atoms with Crippen LogP contribution in [-0.4, -0.2) is 0 Å². The van der Waals surface area contributed by atoms with E-state index in [1.54, 1.807) is 11.1 Å². The van der Waals surface area contributed by atoms with Gasteiger partial charge in [-0.1, -0.05) is 54.6 Å². The van der Waals surface area contributed by atoms with E-state index in [4.69, 9.17) is 0 Å². The summed E-state index contributed by atoms with van der Waals surface area (Å²) in [6.07, 6.45) is 15.7. The molecule has 1 atom stereocenters. The Morgan fingerprint density at radius 2 is 1.57 bits per heavy atom. The number of rotatable bonds is 6. The standard InChI is InChI=1S/C28H34/c1-3-5-6-22-9-12-28-20-27(18-17-26(28)19-22)25-15-13-24(14-16-25)23-10-7-21(4-2)8-11-23/h3-4,13-18,20-23H,1-2,5-12,19H2. The largest absolute Gasteiger partial charge is 0.103 e. The fourth-order valence-electron chi connectivity index (χ4n) is 5.25. The van der Waals surface area contributed by atoms with Crippen LogP contribution in [0, 0.1) is 11.8 Å². The number of aryl methyl sites for hydroxylation is 1. The minimum atomic E-state index is 0.737. The quantitative estimate of drug-likeness (QED) is 0.454. The van der Waals surface area contributed by atoms with Crippen molar-refractivity contribution in [2.75, 3.05) is 0 Å². The Balaban J connectivity index is 1.44. The van der Waals surface area contributed by atoms with Crippen LogP contribution in [0.15, 0.2) is 67.8 Å². The van der Waals surface area contributed by atoms with Crippen molar-refractivity contribution in [3.63, 3.8) is 0 Å². The third-order valence-electron chi connectivity index (χ3n) is 7.14. The van der Waals surface area contributed by atoms with Crippen LogP contribution in [0.1, 0.15) is 67.6 Å². The lowest BCUT2D eigenvalue weighted by atomic mass is 9.78. The van der Waals surface area contributed by atoms with Crippen LogP contribution in [-0.2, 0) is 12.8 Å². The summed E-state index contributed by atoms with van der Waals surface area (Å²) in [6.45, 7) is 7.84. The first-order valence-corrected chi connectivity index (χ1v) is 11.2. The number of allylic oxidation sites excluding steroid dienone is 2. The van der Waals surface area contributed by atoms with Crippen LogP contribution in [0.3, 0.4) is 0 Å². The Hall–Kier alpha value is -2.08. The van der Waals surface area contributed by atoms with Crippen LogP contribution in [0.5, 0.6) is 0 Å². The lowest BCUT2D eigenvalue weighted by molar-refractivity contribution is 0.376. The Bertz CT molecular complexity index is 802. The van der Waals surface area contributed by atoms with Crippen LogP contribution in [0.25, 0.3) is 11.1 Å². The molecule has 0 aromatic heterocycles. The minimum Gasteiger partial charge on any atom is -0.103 e. The van der Waals surface area contributed by atoms with Gasteiger partial charge in [-0.3, -0.25) is 0 Å². The van der Waals surface area contributed by atoms with Gasteiger partial charge in [-0.25, -0.2) is 0 Å². The monoisotopic (exact) mass is 370 g/mol. The number of hydrogen-bond acceptors (Lipinski definition) is 0. The SMILES string of the molecule is C=CCCC1CCc2cc(-c3ccc(C4CCC(C=C)CC4)cc3)ccc2C1. The molecule has 1 saturated carbocycles. The molecule has 2 aliphatic carbocycles. The summed E-state index contributed by atoms with van der Waals surface area (Å²) in [5.74, 6) is 2.32. The lowest BCUT2D eigenvalue weighted by Gasteiger charge is -2.27. The molecular weight excluding hydrogens is 336 g/mol. The van der Waals surface area contributed by atoms with E-state index in [-0.39, 0.29) is 0 Å². The maximum Gasteiger partial charge on any atom is -0.0162 e. The first-order chi connectivity index (χ1) is 13.8. The third-order valence-corrected chi connectivity index (χ3v) is 7.14. The topological polar surface area (TPSA) is 0 Å². The second-order valence-corrected chi connectivity index (χ2v) is 8.93. The van der Waals surface area contributed by atoms with Gasteiger partial charge in [0.2, 0.25) is 0 Å². The van der Waals surface area contributed by atoms with Gasteiger partial charge >= 0.3 is 0 Å². The molecule has 0 amide bonds. The summed E-state index contributed by atoms with van der Waals surface area (Å²) in [7, 11) is 0. The molecule has 4 rings (SSSR count). The second-order valence-electron chi connectivity index (χ2n) is 8.93. The van der Waals surface area contributed by atoms with Crippen molar-refractivity contribution in [1.29, 1.82) is 0 Å². The molecule has 0 spiro atoms. The molecule has 1 fully saturated rings. The van der Waals surface area contributed by atoms with Gasteiger partial charge in [-0.2, -0.15) is 0 Å². The van der Waals surface area contributed by atoms with Gasteiger partial charge in [0.05, 0.1) is 0 Å². The summed E-state index contributed by atoms with van der Waals surface area (Å²) in [5.41, 5.74) is 7.40. The maximum atomic E-state index is 3.97. The third kappa shape index (κ3) is 4.32. The highest BCUT2D eigenvalue weighted by molar-refractivity contribution is 5.65. The van der Waals surface area contributed by atoms with Gasteiger partial charge in [-0.15, -0.1) is 13.2 Å². The zero-order chi connectivity index (χ0) is 19.3. The molecule has 0 heteroatoms. The Morgan fingerprint density at radius 1 is 0.821 bits per heavy atom. The van der Waals surface area contributed by atoms with E-state index in [2.05, 4.69) is 67.8 Å². The fourth-order valence-corrected chi connectivity index (χ4v) is 5.25. The van der Waals surface area contributed by atoms with Crippen LogP contribution < -0.4 is 0 Å². The maximum absolute atomic E-state index is 3.97. The molecule has 2 aromatic carbocycles. The fraction of sp³-hybridized carbons (Fsp3) is 0.429. The van der Waals surface area contributed by atoms with E-state index in [9.17, 15) is 0 Å². The molecular formula is C28H34. The number of fused-ring (bicyclic) bond motifs is 1. The van der Waals surface area contributed by atoms with E-state index in [0.29, 0.717) is 0 Å². The van der Waals surface area contributed by atoms with Crippen LogP contribution >= 0.6 is 0 Å². The first kappa shape index (κ1) is 19.2. The molecule has 0 saturated heterocycles. The van der Waals surface area contributed by atoms with E-state index in [1.807, 2.05) is 0 Å². The van der Waals surface area contributed by atoms with Crippen molar-refractivity contribution in [3.05, 3.63) is 84.5 Å². The van der Waals surface area contributed by atoms with Crippen LogP contribution in [0.4, 0.5) is 0 Å². The molecule has 0 N–H and O–H groups in total. The zero-order valence-corrected chi connectivity index (χ0v) is 17.2. The van der Waals surface area contributed by atoms with Gasteiger partial charge in [0, 0.05) is 0 Å². The van der Waals surface area contributed by atoms with Gasteiger partial charge in [0.15, 0.2) is 0 Å². The molecule has 28 heavy (non-hydrogen) atoms. The van der Waals surface area contributed by atoms with Crippen molar-refractivity contribution >= 4 is 0 Å². The van der Waals surface area contributed by atoms with Crippen molar-refractivity contribution in [1.82, 2.24) is 0 Å². The number of benzene rings is 2. The summed E-state index contributed by atoms with van der Waals surface area (Å²) in [6, 6.07) is 16.6. The van der Waals surface area contributed by atoms with Crippen molar-refractivity contribution in [2.24, 2.45) is 11.8 Å². The highest BCUT2D eigenvalue weighted by Gasteiger charge is 2.21. The predicted molar refractivity (Wildman–Crippen MR) is 122 cm³/mol. The van der Waals surface area contributed by atoms with Gasteiger partial charge in [0.1, 0.15) is 0 Å². The van der Waals surface area contributed by atoms with Crippen LogP contribution in [0.2, 0.25) is 0 Å².